The van der Waals surface area contributed by atoms with Crippen molar-refractivity contribution in [2.45, 2.75) is 12.1 Å². The van der Waals surface area contributed by atoms with E-state index in [1.165, 1.54) is 11.1 Å². The van der Waals surface area contributed by atoms with Crippen LogP contribution in [0.15, 0.2) is 48.5 Å². The van der Waals surface area contributed by atoms with Crippen molar-refractivity contribution in [3.05, 3.63) is 69.7 Å². The summed E-state index contributed by atoms with van der Waals surface area (Å²) in [6.07, 6.45) is 0. The van der Waals surface area contributed by atoms with Crippen molar-refractivity contribution in [3.63, 3.8) is 0 Å². The Balaban J connectivity index is 1.90. The molecule has 1 saturated heterocycles. The van der Waals surface area contributed by atoms with Gasteiger partial charge in [0.2, 0.25) is 0 Å². The molecular formula is C16H16Cl2N2. The molecule has 2 aromatic carbocycles. The molecule has 2 N–H and O–H groups in total. The Bertz CT molecular complexity index is 513. The number of hydrogen-bond donors (Lipinski definition) is 2. The predicted octanol–water partition coefficient (Wildman–Crippen LogP) is 3.97. The second-order valence-corrected chi connectivity index (χ2v) is 5.84. The van der Waals surface area contributed by atoms with E-state index < -0.39 is 0 Å². The summed E-state index contributed by atoms with van der Waals surface area (Å²) in [5, 5.41) is 8.69. The number of nitrogens with one attached hydrogen (secondary N) is 2. The van der Waals surface area contributed by atoms with Gasteiger partial charge in [0.25, 0.3) is 0 Å². The first-order valence-electron chi connectivity index (χ1n) is 6.72. The first kappa shape index (κ1) is 13.9. The maximum Gasteiger partial charge on any atom is 0.0518 e. The van der Waals surface area contributed by atoms with E-state index in [0.717, 1.165) is 23.1 Å². The summed E-state index contributed by atoms with van der Waals surface area (Å²) in [5.41, 5.74) is 2.48. The summed E-state index contributed by atoms with van der Waals surface area (Å²) >= 11 is 11.9. The van der Waals surface area contributed by atoms with Gasteiger partial charge in [0.05, 0.1) is 12.1 Å². The quantitative estimate of drug-likeness (QED) is 0.877. The molecule has 3 rings (SSSR count). The van der Waals surface area contributed by atoms with Crippen molar-refractivity contribution in [2.24, 2.45) is 0 Å². The normalized spacial score (nSPS) is 22.7. The SMILES string of the molecule is Clc1ccc([C@H]2NCCN[C@@H]2c2ccc(Cl)cc2)cc1. The highest BCUT2D eigenvalue weighted by Crippen LogP contribution is 2.31. The first-order valence-corrected chi connectivity index (χ1v) is 7.47. The van der Waals surface area contributed by atoms with E-state index in [0.29, 0.717) is 0 Å². The molecule has 0 aliphatic carbocycles. The van der Waals surface area contributed by atoms with Gasteiger partial charge in [-0.05, 0) is 35.4 Å². The molecule has 2 atom stereocenters. The highest BCUT2D eigenvalue weighted by atomic mass is 35.5. The van der Waals surface area contributed by atoms with Crippen LogP contribution in [0.5, 0.6) is 0 Å². The van der Waals surface area contributed by atoms with E-state index in [9.17, 15) is 0 Å². The smallest absolute Gasteiger partial charge is 0.0518 e. The van der Waals surface area contributed by atoms with Crippen LogP contribution in [0.1, 0.15) is 23.2 Å². The van der Waals surface area contributed by atoms with Gasteiger partial charge in [-0.1, -0.05) is 47.5 Å². The monoisotopic (exact) mass is 306 g/mol. The second kappa shape index (κ2) is 6.15. The fraction of sp³-hybridized carbons (Fsp3) is 0.250. The maximum atomic E-state index is 5.97. The largest absolute Gasteiger partial charge is 0.307 e. The van der Waals surface area contributed by atoms with Crippen LogP contribution in [0.25, 0.3) is 0 Å². The molecule has 1 aliphatic heterocycles. The molecule has 1 heterocycles. The highest BCUT2D eigenvalue weighted by Gasteiger charge is 2.26. The molecule has 104 valence electrons. The lowest BCUT2D eigenvalue weighted by molar-refractivity contribution is 0.333. The van der Waals surface area contributed by atoms with Gasteiger partial charge in [0.15, 0.2) is 0 Å². The Morgan fingerprint density at radius 2 is 1.00 bits per heavy atom. The van der Waals surface area contributed by atoms with E-state index in [4.69, 9.17) is 23.2 Å². The Morgan fingerprint density at radius 3 is 1.35 bits per heavy atom. The van der Waals surface area contributed by atoms with Crippen LogP contribution in [0, 0.1) is 0 Å². The molecule has 1 fully saturated rings. The minimum Gasteiger partial charge on any atom is -0.307 e. The van der Waals surface area contributed by atoms with Crippen molar-refractivity contribution >= 4 is 23.2 Å². The van der Waals surface area contributed by atoms with Crippen LogP contribution in [0.3, 0.4) is 0 Å². The van der Waals surface area contributed by atoms with Crippen LogP contribution < -0.4 is 10.6 Å². The van der Waals surface area contributed by atoms with E-state index in [1.54, 1.807) is 0 Å². The highest BCUT2D eigenvalue weighted by molar-refractivity contribution is 6.30. The van der Waals surface area contributed by atoms with Crippen LogP contribution in [-0.4, -0.2) is 13.1 Å². The van der Waals surface area contributed by atoms with Crippen molar-refractivity contribution in [2.75, 3.05) is 13.1 Å². The fourth-order valence-electron chi connectivity index (χ4n) is 2.65. The number of halogens is 2. The summed E-state index contributed by atoms with van der Waals surface area (Å²) in [4.78, 5) is 0. The van der Waals surface area contributed by atoms with Gasteiger partial charge in [-0.2, -0.15) is 0 Å². The predicted molar refractivity (Wildman–Crippen MR) is 84.4 cm³/mol. The van der Waals surface area contributed by atoms with Crippen molar-refractivity contribution < 1.29 is 0 Å². The summed E-state index contributed by atoms with van der Waals surface area (Å²) in [7, 11) is 0. The standard InChI is InChI=1S/C16H16Cl2N2/c17-13-5-1-11(2-6-13)15-16(20-10-9-19-15)12-3-7-14(18)8-4-12/h1-8,15-16,19-20H,9-10H2/t15-,16-/m1/s1. The number of rotatable bonds is 2. The molecule has 0 saturated carbocycles. The van der Waals surface area contributed by atoms with Gasteiger partial charge >= 0.3 is 0 Å². The van der Waals surface area contributed by atoms with Crippen LogP contribution in [-0.2, 0) is 0 Å². The lowest BCUT2D eigenvalue weighted by Gasteiger charge is -2.34. The molecule has 0 aromatic heterocycles. The molecule has 20 heavy (non-hydrogen) atoms. The zero-order valence-electron chi connectivity index (χ0n) is 10.9. The topological polar surface area (TPSA) is 24.1 Å². The molecule has 0 bridgehead atoms. The fourth-order valence-corrected chi connectivity index (χ4v) is 2.90. The van der Waals surface area contributed by atoms with E-state index in [2.05, 4.69) is 34.9 Å². The summed E-state index contributed by atoms with van der Waals surface area (Å²) < 4.78 is 0. The maximum absolute atomic E-state index is 5.97. The van der Waals surface area contributed by atoms with Crippen molar-refractivity contribution in [1.29, 1.82) is 0 Å². The van der Waals surface area contributed by atoms with Gasteiger partial charge in [0, 0.05) is 23.1 Å². The number of piperazine rings is 1. The van der Waals surface area contributed by atoms with Crippen LogP contribution >= 0.6 is 23.2 Å². The zero-order chi connectivity index (χ0) is 13.9. The Hall–Kier alpha value is -1.06. The average molecular weight is 307 g/mol. The molecule has 0 radical (unpaired) electrons. The molecule has 1 aliphatic rings. The van der Waals surface area contributed by atoms with Crippen molar-refractivity contribution in [1.82, 2.24) is 10.6 Å². The lowest BCUT2D eigenvalue weighted by atomic mass is 9.92. The van der Waals surface area contributed by atoms with E-state index in [-0.39, 0.29) is 12.1 Å². The van der Waals surface area contributed by atoms with Crippen LogP contribution in [0.2, 0.25) is 10.0 Å². The van der Waals surface area contributed by atoms with Gasteiger partial charge in [-0.25, -0.2) is 0 Å². The summed E-state index contributed by atoms with van der Waals surface area (Å²) in [6.45, 7) is 1.91. The van der Waals surface area contributed by atoms with E-state index >= 15 is 0 Å². The third kappa shape index (κ3) is 2.99. The molecule has 2 aromatic rings. The minimum atomic E-state index is 0.238. The third-order valence-corrected chi connectivity index (χ3v) is 4.15. The molecule has 0 unspecified atom stereocenters. The first-order chi connectivity index (χ1) is 9.74. The molecule has 4 heteroatoms. The molecule has 0 amide bonds. The van der Waals surface area contributed by atoms with Crippen LogP contribution in [0.4, 0.5) is 0 Å². The Kier molecular flexibility index (Phi) is 4.27. The number of hydrogen-bond acceptors (Lipinski definition) is 2. The van der Waals surface area contributed by atoms with E-state index in [1.807, 2.05) is 24.3 Å². The summed E-state index contributed by atoms with van der Waals surface area (Å²) in [6, 6.07) is 16.5. The minimum absolute atomic E-state index is 0.238. The Morgan fingerprint density at radius 1 is 0.650 bits per heavy atom. The average Bonchev–Trinajstić information content (AvgIpc) is 2.49. The molecule has 0 spiro atoms. The molecular weight excluding hydrogens is 291 g/mol. The van der Waals surface area contributed by atoms with Crippen molar-refractivity contribution in [3.8, 4) is 0 Å². The third-order valence-electron chi connectivity index (χ3n) is 3.65. The van der Waals surface area contributed by atoms with Gasteiger partial charge in [-0.15, -0.1) is 0 Å². The second-order valence-electron chi connectivity index (χ2n) is 4.97. The van der Waals surface area contributed by atoms with Gasteiger partial charge < -0.3 is 10.6 Å². The lowest BCUT2D eigenvalue weighted by Crippen LogP contribution is -2.45. The Labute approximate surface area is 129 Å². The van der Waals surface area contributed by atoms with Gasteiger partial charge in [-0.3, -0.25) is 0 Å². The molecule has 2 nitrogen and oxygen atoms in total. The zero-order valence-corrected chi connectivity index (χ0v) is 12.5. The number of benzene rings is 2. The van der Waals surface area contributed by atoms with Gasteiger partial charge in [0.1, 0.15) is 0 Å². The summed E-state index contributed by atoms with van der Waals surface area (Å²) in [5.74, 6) is 0.